The number of carbonyl (C=O) groups is 1. The lowest BCUT2D eigenvalue weighted by Gasteiger charge is -2.30. The van der Waals surface area contributed by atoms with E-state index in [2.05, 4.69) is 10.6 Å². The first kappa shape index (κ1) is 12.4. The molecule has 4 nitrogen and oxygen atoms in total. The van der Waals surface area contributed by atoms with E-state index in [1.54, 1.807) is 0 Å². The number of aliphatic hydroxyl groups is 1. The summed E-state index contributed by atoms with van der Waals surface area (Å²) in [7, 11) is 0. The van der Waals surface area contributed by atoms with Gasteiger partial charge in [-0.05, 0) is 44.1 Å². The zero-order valence-electron chi connectivity index (χ0n) is 11.0. The van der Waals surface area contributed by atoms with Gasteiger partial charge in [0.05, 0.1) is 18.2 Å². The second-order valence-corrected chi connectivity index (χ2v) is 6.38. The van der Waals surface area contributed by atoms with E-state index in [1.165, 1.54) is 19.3 Å². The highest BCUT2D eigenvalue weighted by Crippen LogP contribution is 2.38. The van der Waals surface area contributed by atoms with E-state index in [0.29, 0.717) is 11.8 Å². The second kappa shape index (κ2) is 4.82. The second-order valence-electron chi connectivity index (χ2n) is 6.38. The van der Waals surface area contributed by atoms with Gasteiger partial charge in [0.1, 0.15) is 0 Å². The molecule has 102 valence electrons. The normalized spacial score (nSPS) is 37.7. The van der Waals surface area contributed by atoms with Crippen molar-refractivity contribution in [1.82, 2.24) is 10.6 Å². The van der Waals surface area contributed by atoms with E-state index in [4.69, 9.17) is 0 Å². The molecular formula is C14H24N2O2. The molecule has 3 aliphatic rings. The van der Waals surface area contributed by atoms with Gasteiger partial charge in [-0.3, -0.25) is 4.79 Å². The van der Waals surface area contributed by atoms with E-state index < -0.39 is 0 Å². The highest BCUT2D eigenvalue weighted by molar-refractivity contribution is 5.83. The van der Waals surface area contributed by atoms with Crippen LogP contribution < -0.4 is 10.6 Å². The lowest BCUT2D eigenvalue weighted by Crippen LogP contribution is -2.55. The van der Waals surface area contributed by atoms with Crippen molar-refractivity contribution in [2.45, 2.75) is 56.5 Å². The van der Waals surface area contributed by atoms with E-state index >= 15 is 0 Å². The number of amides is 1. The maximum atomic E-state index is 12.4. The minimum Gasteiger partial charge on any atom is -0.394 e. The standard InChI is InChI=1S/C14H24N2O2/c17-9-14(6-1-2-7-14)16-13(18)12-11-5-3-4-10(11)8-15-12/h10-12,15,17H,1-9H2,(H,16,18). The lowest BCUT2D eigenvalue weighted by atomic mass is 9.92. The molecule has 3 N–H and O–H groups in total. The van der Waals surface area contributed by atoms with Crippen LogP contribution in [0.4, 0.5) is 0 Å². The summed E-state index contributed by atoms with van der Waals surface area (Å²) in [5.41, 5.74) is -0.324. The average molecular weight is 252 g/mol. The number of aliphatic hydroxyl groups excluding tert-OH is 1. The van der Waals surface area contributed by atoms with Crippen LogP contribution in [0.5, 0.6) is 0 Å². The van der Waals surface area contributed by atoms with E-state index in [9.17, 15) is 9.90 Å². The Bertz CT molecular complexity index is 326. The topological polar surface area (TPSA) is 61.4 Å². The van der Waals surface area contributed by atoms with Crippen LogP contribution in [0.3, 0.4) is 0 Å². The number of hydrogen-bond acceptors (Lipinski definition) is 3. The highest BCUT2D eigenvalue weighted by atomic mass is 16.3. The third-order valence-corrected chi connectivity index (χ3v) is 5.28. The molecule has 0 bridgehead atoms. The van der Waals surface area contributed by atoms with Crippen molar-refractivity contribution in [3.05, 3.63) is 0 Å². The molecular weight excluding hydrogens is 228 g/mol. The molecule has 3 fully saturated rings. The van der Waals surface area contributed by atoms with Crippen LogP contribution in [-0.4, -0.2) is 35.7 Å². The fraction of sp³-hybridized carbons (Fsp3) is 0.929. The summed E-state index contributed by atoms with van der Waals surface area (Å²) >= 11 is 0. The Morgan fingerprint density at radius 3 is 2.78 bits per heavy atom. The van der Waals surface area contributed by atoms with E-state index in [0.717, 1.165) is 32.2 Å². The summed E-state index contributed by atoms with van der Waals surface area (Å²) in [6.07, 6.45) is 7.81. The van der Waals surface area contributed by atoms with Crippen molar-refractivity contribution in [3.8, 4) is 0 Å². The zero-order valence-corrected chi connectivity index (χ0v) is 11.0. The van der Waals surface area contributed by atoms with Gasteiger partial charge in [-0.2, -0.15) is 0 Å². The third kappa shape index (κ3) is 2.05. The molecule has 2 aliphatic carbocycles. The minimum absolute atomic E-state index is 0.0125. The van der Waals surface area contributed by atoms with Gasteiger partial charge in [0.25, 0.3) is 0 Å². The molecule has 0 radical (unpaired) electrons. The monoisotopic (exact) mass is 252 g/mol. The molecule has 2 saturated carbocycles. The average Bonchev–Trinajstić information content (AvgIpc) is 3.04. The quantitative estimate of drug-likeness (QED) is 0.696. The number of fused-ring (bicyclic) bond motifs is 1. The van der Waals surface area contributed by atoms with Crippen molar-refractivity contribution in [2.24, 2.45) is 11.8 Å². The lowest BCUT2D eigenvalue weighted by molar-refractivity contribution is -0.126. The van der Waals surface area contributed by atoms with Gasteiger partial charge in [-0.1, -0.05) is 19.3 Å². The maximum Gasteiger partial charge on any atom is 0.237 e. The Hall–Kier alpha value is -0.610. The Morgan fingerprint density at radius 2 is 2.06 bits per heavy atom. The van der Waals surface area contributed by atoms with Gasteiger partial charge in [-0.25, -0.2) is 0 Å². The number of rotatable bonds is 3. The first-order valence-electron chi connectivity index (χ1n) is 7.40. The molecule has 1 amide bonds. The zero-order chi connectivity index (χ0) is 12.6. The molecule has 1 saturated heterocycles. The van der Waals surface area contributed by atoms with Crippen molar-refractivity contribution < 1.29 is 9.90 Å². The predicted octanol–water partition coefficient (Wildman–Crippen LogP) is 0.796. The van der Waals surface area contributed by atoms with Gasteiger partial charge in [0, 0.05) is 0 Å². The van der Waals surface area contributed by atoms with Gasteiger partial charge in [0.15, 0.2) is 0 Å². The molecule has 4 heteroatoms. The molecule has 1 heterocycles. The van der Waals surface area contributed by atoms with Crippen LogP contribution in [0, 0.1) is 11.8 Å². The van der Waals surface area contributed by atoms with Crippen molar-refractivity contribution in [3.63, 3.8) is 0 Å². The third-order valence-electron chi connectivity index (χ3n) is 5.28. The summed E-state index contributed by atoms with van der Waals surface area (Å²) in [5.74, 6) is 1.36. The summed E-state index contributed by atoms with van der Waals surface area (Å²) in [4.78, 5) is 12.4. The molecule has 3 atom stereocenters. The van der Waals surface area contributed by atoms with Crippen LogP contribution in [0.25, 0.3) is 0 Å². The predicted molar refractivity (Wildman–Crippen MR) is 69.0 cm³/mol. The molecule has 0 aromatic heterocycles. The fourth-order valence-corrected chi connectivity index (χ4v) is 4.19. The summed E-state index contributed by atoms with van der Waals surface area (Å²) in [6, 6.07) is -0.0125. The fourth-order valence-electron chi connectivity index (χ4n) is 4.19. The number of carbonyl (C=O) groups excluding carboxylic acids is 1. The van der Waals surface area contributed by atoms with Crippen molar-refractivity contribution >= 4 is 5.91 Å². The molecule has 3 rings (SSSR count). The van der Waals surface area contributed by atoms with Crippen LogP contribution in [0.2, 0.25) is 0 Å². The Balaban J connectivity index is 1.64. The van der Waals surface area contributed by atoms with Gasteiger partial charge < -0.3 is 15.7 Å². The number of nitrogens with one attached hydrogen (secondary N) is 2. The summed E-state index contributed by atoms with van der Waals surface area (Å²) in [5, 5.41) is 16.1. The van der Waals surface area contributed by atoms with Gasteiger partial charge in [-0.15, -0.1) is 0 Å². The van der Waals surface area contributed by atoms with Crippen LogP contribution in [-0.2, 0) is 4.79 Å². The van der Waals surface area contributed by atoms with Crippen LogP contribution in [0.15, 0.2) is 0 Å². The molecule has 3 unspecified atom stereocenters. The summed E-state index contributed by atoms with van der Waals surface area (Å²) in [6.45, 7) is 1.08. The van der Waals surface area contributed by atoms with Crippen molar-refractivity contribution in [2.75, 3.05) is 13.2 Å². The minimum atomic E-state index is -0.324. The van der Waals surface area contributed by atoms with Crippen LogP contribution in [0.1, 0.15) is 44.9 Å². The largest absolute Gasteiger partial charge is 0.394 e. The molecule has 1 aliphatic heterocycles. The smallest absolute Gasteiger partial charge is 0.237 e. The molecule has 0 spiro atoms. The molecule has 18 heavy (non-hydrogen) atoms. The highest BCUT2D eigenvalue weighted by Gasteiger charge is 2.44. The molecule has 0 aromatic rings. The SMILES string of the molecule is O=C(NC1(CO)CCCC1)C1NCC2CCCC21. The number of hydrogen-bond donors (Lipinski definition) is 3. The van der Waals surface area contributed by atoms with Crippen molar-refractivity contribution in [1.29, 1.82) is 0 Å². The first-order chi connectivity index (χ1) is 8.74. The first-order valence-corrected chi connectivity index (χ1v) is 7.40. The Labute approximate surface area is 109 Å². The maximum absolute atomic E-state index is 12.4. The van der Waals surface area contributed by atoms with Crippen LogP contribution >= 0.6 is 0 Å². The Morgan fingerprint density at radius 1 is 1.28 bits per heavy atom. The van der Waals surface area contributed by atoms with E-state index in [-0.39, 0.29) is 24.1 Å². The van der Waals surface area contributed by atoms with E-state index in [1.807, 2.05) is 0 Å². The van der Waals surface area contributed by atoms with Gasteiger partial charge in [0.2, 0.25) is 5.91 Å². The molecule has 0 aromatic carbocycles. The Kier molecular flexibility index (Phi) is 3.32. The van der Waals surface area contributed by atoms with Gasteiger partial charge >= 0.3 is 0 Å². The summed E-state index contributed by atoms with van der Waals surface area (Å²) < 4.78 is 0.